The van der Waals surface area contributed by atoms with Crippen molar-refractivity contribution in [3.63, 3.8) is 0 Å². The molecule has 2 aliphatic rings. The first-order chi connectivity index (χ1) is 13.6. The van der Waals surface area contributed by atoms with Crippen LogP contribution >= 0.6 is 0 Å². The van der Waals surface area contributed by atoms with Crippen molar-refractivity contribution in [2.75, 3.05) is 53.1 Å². The van der Waals surface area contributed by atoms with Gasteiger partial charge < -0.3 is 24.6 Å². The molecule has 154 valence electrons. The number of ether oxygens (including phenoxy) is 2. The summed E-state index contributed by atoms with van der Waals surface area (Å²) >= 11 is 0. The van der Waals surface area contributed by atoms with E-state index in [-0.39, 0.29) is 11.9 Å². The van der Waals surface area contributed by atoms with Crippen molar-refractivity contribution < 1.29 is 19.1 Å². The summed E-state index contributed by atoms with van der Waals surface area (Å²) in [6.07, 6.45) is 2.68. The molecule has 0 aromatic heterocycles. The minimum atomic E-state index is -0.419. The Morgan fingerprint density at radius 2 is 2.14 bits per heavy atom. The molecule has 2 heterocycles. The molecule has 2 fully saturated rings. The highest BCUT2D eigenvalue weighted by atomic mass is 16.5. The van der Waals surface area contributed by atoms with Crippen LogP contribution in [-0.2, 0) is 20.7 Å². The average molecular weight is 389 g/mol. The smallest absolute Gasteiger partial charge is 0.317 e. The topological polar surface area (TPSA) is 71.1 Å². The lowest BCUT2D eigenvalue weighted by Crippen LogP contribution is -2.58. The van der Waals surface area contributed by atoms with Crippen molar-refractivity contribution >= 4 is 11.9 Å². The predicted octanol–water partition coefficient (Wildman–Crippen LogP) is 1.67. The second-order valence-electron chi connectivity index (χ2n) is 7.56. The van der Waals surface area contributed by atoms with Gasteiger partial charge in [-0.3, -0.25) is 4.79 Å². The summed E-state index contributed by atoms with van der Waals surface area (Å²) in [5.41, 5.74) is 0.775. The van der Waals surface area contributed by atoms with E-state index in [1.54, 1.807) is 12.0 Å². The molecule has 0 saturated carbocycles. The van der Waals surface area contributed by atoms with Crippen LogP contribution in [0.4, 0.5) is 4.79 Å². The number of benzene rings is 1. The third-order valence-corrected chi connectivity index (χ3v) is 5.59. The lowest BCUT2D eigenvalue weighted by Gasteiger charge is -2.40. The lowest BCUT2D eigenvalue weighted by molar-refractivity contribution is -0.136. The highest BCUT2D eigenvalue weighted by Gasteiger charge is 2.46. The van der Waals surface area contributed by atoms with Gasteiger partial charge in [-0.25, -0.2) is 4.79 Å². The third-order valence-electron chi connectivity index (χ3n) is 5.59. The van der Waals surface area contributed by atoms with Crippen LogP contribution in [0.3, 0.4) is 0 Å². The number of nitrogens with zero attached hydrogens (tertiary/aromatic N) is 2. The molecule has 1 unspecified atom stereocenters. The van der Waals surface area contributed by atoms with Gasteiger partial charge in [0.15, 0.2) is 0 Å². The van der Waals surface area contributed by atoms with Gasteiger partial charge in [-0.15, -0.1) is 0 Å². The summed E-state index contributed by atoms with van der Waals surface area (Å²) in [5, 5.41) is 3.01. The average Bonchev–Trinajstić information content (AvgIpc) is 3.13. The Labute approximate surface area is 167 Å². The Hall–Kier alpha value is -2.12. The number of hydrogen-bond donors (Lipinski definition) is 1. The summed E-state index contributed by atoms with van der Waals surface area (Å²) in [6.45, 7) is 3.90. The van der Waals surface area contributed by atoms with E-state index in [1.807, 2.05) is 23.1 Å². The first-order valence-electron chi connectivity index (χ1n) is 10.1. The normalized spacial score (nSPS) is 22.5. The number of nitrogens with one attached hydrogen (secondary N) is 1. The van der Waals surface area contributed by atoms with Crippen LogP contribution in [0.5, 0.6) is 0 Å². The molecule has 0 aliphatic carbocycles. The van der Waals surface area contributed by atoms with E-state index in [4.69, 9.17) is 9.47 Å². The molecule has 7 heteroatoms. The summed E-state index contributed by atoms with van der Waals surface area (Å²) in [6, 6.07) is 9.99. The maximum absolute atomic E-state index is 12.8. The number of amides is 3. The van der Waals surface area contributed by atoms with Crippen molar-refractivity contribution in [1.29, 1.82) is 0 Å². The van der Waals surface area contributed by atoms with Crippen molar-refractivity contribution in [3.8, 4) is 0 Å². The van der Waals surface area contributed by atoms with E-state index in [9.17, 15) is 9.59 Å². The molecule has 3 amide bonds. The van der Waals surface area contributed by atoms with Gasteiger partial charge >= 0.3 is 6.03 Å². The highest BCUT2D eigenvalue weighted by Crippen LogP contribution is 2.31. The molecule has 28 heavy (non-hydrogen) atoms. The summed E-state index contributed by atoms with van der Waals surface area (Å²) < 4.78 is 10.8. The molecule has 2 aliphatic heterocycles. The Bertz CT molecular complexity index is 646. The molecule has 0 bridgehead atoms. The first kappa shape index (κ1) is 20.6. The van der Waals surface area contributed by atoms with E-state index in [1.165, 1.54) is 5.56 Å². The van der Waals surface area contributed by atoms with Crippen LogP contribution in [0.15, 0.2) is 30.3 Å². The van der Waals surface area contributed by atoms with Crippen LogP contribution in [0.25, 0.3) is 0 Å². The van der Waals surface area contributed by atoms with E-state index < -0.39 is 5.54 Å². The summed E-state index contributed by atoms with van der Waals surface area (Å²) in [5.74, 6) is 0.0983. The van der Waals surface area contributed by atoms with Crippen LogP contribution < -0.4 is 5.32 Å². The predicted molar refractivity (Wildman–Crippen MR) is 106 cm³/mol. The van der Waals surface area contributed by atoms with Crippen molar-refractivity contribution in [1.82, 2.24) is 15.1 Å². The van der Waals surface area contributed by atoms with Crippen LogP contribution in [0.2, 0.25) is 0 Å². The zero-order chi connectivity index (χ0) is 19.8. The van der Waals surface area contributed by atoms with Gasteiger partial charge in [0.05, 0.1) is 12.1 Å². The molecule has 7 nitrogen and oxygen atoms in total. The molecule has 1 aromatic rings. The van der Waals surface area contributed by atoms with Gasteiger partial charge in [-0.1, -0.05) is 30.3 Å². The number of rotatable bonds is 7. The maximum atomic E-state index is 12.8. The quantitative estimate of drug-likeness (QED) is 0.720. The minimum Gasteiger partial charge on any atom is -0.385 e. The fraction of sp³-hybridized carbons (Fsp3) is 0.619. The molecule has 1 spiro atoms. The minimum absolute atomic E-state index is 0.0983. The fourth-order valence-electron chi connectivity index (χ4n) is 4.06. The van der Waals surface area contributed by atoms with E-state index in [0.717, 1.165) is 19.3 Å². The van der Waals surface area contributed by atoms with Gasteiger partial charge in [0.1, 0.15) is 0 Å². The summed E-state index contributed by atoms with van der Waals surface area (Å²) in [4.78, 5) is 29.3. The maximum Gasteiger partial charge on any atom is 0.317 e. The van der Waals surface area contributed by atoms with Crippen molar-refractivity contribution in [2.24, 2.45) is 0 Å². The Morgan fingerprint density at radius 1 is 1.32 bits per heavy atom. The molecule has 3 rings (SSSR count). The van der Waals surface area contributed by atoms with Crippen LogP contribution in [0, 0.1) is 0 Å². The van der Waals surface area contributed by atoms with Crippen LogP contribution in [-0.4, -0.2) is 80.4 Å². The molecular weight excluding hydrogens is 358 g/mol. The zero-order valence-corrected chi connectivity index (χ0v) is 16.7. The largest absolute Gasteiger partial charge is 0.385 e. The molecule has 1 aromatic carbocycles. The number of carbonyl (C=O) groups excluding carboxylic acids is 2. The molecule has 2 saturated heterocycles. The molecular formula is C21H31N3O4. The van der Waals surface area contributed by atoms with Gasteiger partial charge in [0.25, 0.3) is 0 Å². The SMILES string of the molecule is COCCCN1C(=O)CCN(C(=O)NCCc2ccccc2)CC12CCOC2. The second-order valence-corrected chi connectivity index (χ2v) is 7.56. The monoisotopic (exact) mass is 389 g/mol. The van der Waals surface area contributed by atoms with Gasteiger partial charge in [0, 0.05) is 52.9 Å². The highest BCUT2D eigenvalue weighted by molar-refractivity contribution is 5.80. The molecule has 0 radical (unpaired) electrons. The van der Waals surface area contributed by atoms with Gasteiger partial charge in [-0.05, 0) is 24.8 Å². The molecule has 1 N–H and O–H groups in total. The second kappa shape index (κ2) is 9.89. The van der Waals surface area contributed by atoms with E-state index in [2.05, 4.69) is 17.4 Å². The number of carbonyl (C=O) groups is 2. The van der Waals surface area contributed by atoms with Gasteiger partial charge in [0.2, 0.25) is 5.91 Å². The van der Waals surface area contributed by atoms with E-state index >= 15 is 0 Å². The zero-order valence-electron chi connectivity index (χ0n) is 16.7. The standard InChI is InChI=1S/C21H31N3O4/c1-27-14-5-12-24-19(25)9-13-23(16-21(24)10-15-28-17-21)20(26)22-11-8-18-6-3-2-4-7-18/h2-4,6-7H,5,8-17H2,1H3,(H,22,26). The number of methoxy groups -OCH3 is 1. The van der Waals surface area contributed by atoms with Crippen molar-refractivity contribution in [2.45, 2.75) is 31.2 Å². The molecule has 1 atom stereocenters. The lowest BCUT2D eigenvalue weighted by atomic mass is 9.95. The third kappa shape index (κ3) is 5.02. The van der Waals surface area contributed by atoms with Gasteiger partial charge in [-0.2, -0.15) is 0 Å². The number of urea groups is 1. The van der Waals surface area contributed by atoms with Crippen molar-refractivity contribution in [3.05, 3.63) is 35.9 Å². The van der Waals surface area contributed by atoms with Crippen LogP contribution in [0.1, 0.15) is 24.8 Å². The first-order valence-corrected chi connectivity index (χ1v) is 10.1. The van der Waals surface area contributed by atoms with E-state index in [0.29, 0.717) is 52.4 Å². The Morgan fingerprint density at radius 3 is 2.86 bits per heavy atom. The Balaban J connectivity index is 1.61. The fourth-order valence-corrected chi connectivity index (χ4v) is 4.06. The Kier molecular flexibility index (Phi) is 7.28. The number of hydrogen-bond acceptors (Lipinski definition) is 4. The summed E-state index contributed by atoms with van der Waals surface area (Å²) in [7, 11) is 1.67.